The quantitative estimate of drug-likeness (QED) is 0.853. The zero-order valence-corrected chi connectivity index (χ0v) is 14.4. The zero-order valence-electron chi connectivity index (χ0n) is 13.5. The summed E-state index contributed by atoms with van der Waals surface area (Å²) in [5, 5.41) is 0.924. The summed E-state index contributed by atoms with van der Waals surface area (Å²) >= 11 is 2.18. The molecular weight excluding hydrogens is 308 g/mol. The number of aromatic nitrogens is 3. The van der Waals surface area contributed by atoms with Crippen molar-refractivity contribution in [2.75, 3.05) is 18.8 Å². The molecule has 4 rings (SSSR count). The van der Waals surface area contributed by atoms with Gasteiger partial charge in [-0.15, -0.1) is 0 Å². The van der Waals surface area contributed by atoms with Crippen molar-refractivity contribution in [2.45, 2.75) is 38.0 Å². The number of nitrogens with zero attached hydrogens (tertiary/aromatic N) is 2. The van der Waals surface area contributed by atoms with E-state index < -0.39 is 0 Å². The standard InChI is InChI=1S/C17H24N4OS/c1-2-5-23-14-6-13(14)11-3-4-21(8-11)9-12-7-18-16-15(12)19-10-20-17(16)22/h7,10-11,13-14,18H,2-6,8-9H2,1H3,(H,19,20,22)/t11?,13-,14?/m0/s1. The minimum absolute atomic E-state index is 0.0886. The number of hydrogen-bond donors (Lipinski definition) is 2. The fourth-order valence-corrected chi connectivity index (χ4v) is 5.23. The molecule has 2 aromatic heterocycles. The van der Waals surface area contributed by atoms with Crippen molar-refractivity contribution < 1.29 is 0 Å². The average molecular weight is 332 g/mol. The second-order valence-corrected chi connectivity index (χ2v) is 8.21. The second-order valence-electron chi connectivity index (χ2n) is 6.86. The minimum Gasteiger partial charge on any atom is -0.355 e. The van der Waals surface area contributed by atoms with Crippen LogP contribution in [0.3, 0.4) is 0 Å². The van der Waals surface area contributed by atoms with Crippen LogP contribution in [0, 0.1) is 11.8 Å². The number of nitrogens with one attached hydrogen (secondary N) is 2. The summed E-state index contributed by atoms with van der Waals surface area (Å²) in [4.78, 5) is 24.3. The first-order valence-electron chi connectivity index (χ1n) is 8.64. The van der Waals surface area contributed by atoms with Gasteiger partial charge in [0.25, 0.3) is 5.56 Å². The van der Waals surface area contributed by atoms with Crippen LogP contribution in [0.2, 0.25) is 0 Å². The monoisotopic (exact) mass is 332 g/mol. The van der Waals surface area contributed by atoms with Crippen LogP contribution in [-0.2, 0) is 6.54 Å². The van der Waals surface area contributed by atoms with Gasteiger partial charge in [0.1, 0.15) is 5.52 Å². The predicted octanol–water partition coefficient (Wildman–Crippen LogP) is 2.60. The molecule has 1 saturated carbocycles. The molecule has 2 aromatic rings. The number of thioether (sulfide) groups is 1. The Morgan fingerprint density at radius 2 is 2.35 bits per heavy atom. The molecule has 0 bridgehead atoms. The Morgan fingerprint density at radius 1 is 1.43 bits per heavy atom. The average Bonchev–Trinajstić information content (AvgIpc) is 2.97. The normalized spacial score (nSPS) is 27.8. The molecule has 3 heterocycles. The number of rotatable bonds is 6. The van der Waals surface area contributed by atoms with Gasteiger partial charge in [0.2, 0.25) is 0 Å². The van der Waals surface area contributed by atoms with Gasteiger partial charge in [0.15, 0.2) is 0 Å². The largest absolute Gasteiger partial charge is 0.355 e. The molecule has 23 heavy (non-hydrogen) atoms. The Hall–Kier alpha value is -1.27. The van der Waals surface area contributed by atoms with Crippen LogP contribution in [0.1, 0.15) is 31.7 Å². The summed E-state index contributed by atoms with van der Waals surface area (Å²) in [6.07, 6.45) is 7.47. The molecule has 0 aromatic carbocycles. The van der Waals surface area contributed by atoms with Gasteiger partial charge in [0.05, 0.1) is 11.8 Å². The van der Waals surface area contributed by atoms with Crippen LogP contribution in [0.15, 0.2) is 17.3 Å². The van der Waals surface area contributed by atoms with Crippen molar-refractivity contribution >= 4 is 22.8 Å². The van der Waals surface area contributed by atoms with Crippen molar-refractivity contribution in [3.63, 3.8) is 0 Å². The summed E-state index contributed by atoms with van der Waals surface area (Å²) in [5.41, 5.74) is 2.46. The lowest BCUT2D eigenvalue weighted by Crippen LogP contribution is -2.21. The second kappa shape index (κ2) is 6.32. The fraction of sp³-hybridized carbons (Fsp3) is 0.647. The highest BCUT2D eigenvalue weighted by molar-refractivity contribution is 8.00. The number of hydrogen-bond acceptors (Lipinski definition) is 4. The summed E-state index contributed by atoms with van der Waals surface area (Å²) in [6, 6.07) is 0. The molecule has 3 atom stereocenters. The molecule has 2 N–H and O–H groups in total. The van der Waals surface area contributed by atoms with Crippen LogP contribution < -0.4 is 5.56 Å². The van der Waals surface area contributed by atoms with Crippen LogP contribution >= 0.6 is 11.8 Å². The first kappa shape index (κ1) is 15.3. The van der Waals surface area contributed by atoms with Crippen molar-refractivity contribution in [1.29, 1.82) is 0 Å². The molecule has 124 valence electrons. The summed E-state index contributed by atoms with van der Waals surface area (Å²) in [7, 11) is 0. The van der Waals surface area contributed by atoms with E-state index in [1.165, 1.54) is 44.4 Å². The highest BCUT2D eigenvalue weighted by atomic mass is 32.2. The molecule has 0 spiro atoms. The number of H-pyrrole nitrogens is 2. The van der Waals surface area contributed by atoms with Gasteiger partial charge in [-0.2, -0.15) is 11.8 Å². The molecule has 1 saturated heterocycles. The maximum atomic E-state index is 11.8. The summed E-state index contributed by atoms with van der Waals surface area (Å²) < 4.78 is 0. The van der Waals surface area contributed by atoms with Crippen LogP contribution in [0.5, 0.6) is 0 Å². The Labute approximate surface area is 140 Å². The van der Waals surface area contributed by atoms with Crippen LogP contribution in [0.4, 0.5) is 0 Å². The van der Waals surface area contributed by atoms with Crippen LogP contribution in [-0.4, -0.2) is 43.9 Å². The predicted molar refractivity (Wildman–Crippen MR) is 94.7 cm³/mol. The van der Waals surface area contributed by atoms with Gasteiger partial charge in [-0.05, 0) is 43.4 Å². The van der Waals surface area contributed by atoms with Crippen molar-refractivity contribution in [3.05, 3.63) is 28.4 Å². The Balaban J connectivity index is 1.37. The van der Waals surface area contributed by atoms with Gasteiger partial charge in [-0.25, -0.2) is 4.98 Å². The van der Waals surface area contributed by atoms with Crippen molar-refractivity contribution in [2.24, 2.45) is 11.8 Å². The summed E-state index contributed by atoms with van der Waals surface area (Å²) in [5.74, 6) is 3.12. The van der Waals surface area contributed by atoms with Crippen LogP contribution in [0.25, 0.3) is 11.0 Å². The van der Waals surface area contributed by atoms with Crippen molar-refractivity contribution in [1.82, 2.24) is 19.9 Å². The van der Waals surface area contributed by atoms with E-state index in [0.29, 0.717) is 5.52 Å². The number of fused-ring (bicyclic) bond motifs is 1. The molecule has 1 aliphatic heterocycles. The molecular formula is C17H24N4OS. The number of likely N-dealkylation sites (tertiary alicyclic amines) is 1. The topological polar surface area (TPSA) is 64.8 Å². The third-order valence-corrected chi connectivity index (χ3v) is 6.79. The minimum atomic E-state index is -0.0886. The van der Waals surface area contributed by atoms with E-state index >= 15 is 0 Å². The maximum absolute atomic E-state index is 11.8. The molecule has 2 aliphatic rings. The molecule has 0 amide bonds. The van der Waals surface area contributed by atoms with E-state index in [0.717, 1.165) is 34.7 Å². The SMILES string of the molecule is CCCSC1C[C@H]1C1CCN(Cc2c[nH]c3c(=O)[nH]cnc23)C1. The Bertz CT molecular complexity index is 740. The van der Waals surface area contributed by atoms with E-state index in [-0.39, 0.29) is 5.56 Å². The van der Waals surface area contributed by atoms with Gasteiger partial charge >= 0.3 is 0 Å². The lowest BCUT2D eigenvalue weighted by molar-refractivity contribution is 0.311. The van der Waals surface area contributed by atoms with Gasteiger partial charge in [-0.1, -0.05) is 6.92 Å². The third kappa shape index (κ3) is 3.06. The van der Waals surface area contributed by atoms with Gasteiger partial charge in [0, 0.05) is 30.1 Å². The lowest BCUT2D eigenvalue weighted by atomic mass is 10.0. The van der Waals surface area contributed by atoms with Crippen molar-refractivity contribution in [3.8, 4) is 0 Å². The zero-order chi connectivity index (χ0) is 15.8. The first-order chi connectivity index (χ1) is 11.3. The van der Waals surface area contributed by atoms with Gasteiger partial charge < -0.3 is 9.97 Å². The highest BCUT2D eigenvalue weighted by Gasteiger charge is 2.45. The molecule has 2 unspecified atom stereocenters. The molecule has 5 nitrogen and oxygen atoms in total. The van der Waals surface area contributed by atoms with Gasteiger partial charge in [-0.3, -0.25) is 9.69 Å². The highest BCUT2D eigenvalue weighted by Crippen LogP contribution is 2.49. The van der Waals surface area contributed by atoms with E-state index in [2.05, 4.69) is 38.5 Å². The molecule has 1 aliphatic carbocycles. The summed E-state index contributed by atoms with van der Waals surface area (Å²) in [6.45, 7) is 5.53. The Morgan fingerprint density at radius 3 is 3.22 bits per heavy atom. The van der Waals surface area contributed by atoms with E-state index in [4.69, 9.17) is 0 Å². The van der Waals surface area contributed by atoms with E-state index in [9.17, 15) is 4.79 Å². The molecule has 0 radical (unpaired) electrons. The third-order valence-electron chi connectivity index (χ3n) is 5.17. The van der Waals surface area contributed by atoms with E-state index in [1.54, 1.807) is 0 Å². The maximum Gasteiger partial charge on any atom is 0.275 e. The molecule has 2 fully saturated rings. The van der Waals surface area contributed by atoms with E-state index in [1.807, 2.05) is 6.20 Å². The first-order valence-corrected chi connectivity index (χ1v) is 9.68. The Kier molecular flexibility index (Phi) is 4.20. The number of aromatic amines is 2. The molecule has 6 heteroatoms. The lowest BCUT2D eigenvalue weighted by Gasteiger charge is -2.15. The smallest absolute Gasteiger partial charge is 0.275 e. The fourth-order valence-electron chi connectivity index (χ4n) is 3.87.